The molecule has 0 spiro atoms. The van der Waals surface area contributed by atoms with Crippen molar-refractivity contribution in [1.82, 2.24) is 9.66 Å². The lowest BCUT2D eigenvalue weighted by atomic mass is 9.88. The summed E-state index contributed by atoms with van der Waals surface area (Å²) in [5.74, 6) is 0.918. The molecule has 0 amide bonds. The van der Waals surface area contributed by atoms with Gasteiger partial charge in [0.1, 0.15) is 5.82 Å². The Morgan fingerprint density at radius 2 is 2.00 bits per heavy atom. The Balaban J connectivity index is 1.75. The van der Waals surface area contributed by atoms with Crippen LogP contribution in [-0.4, -0.2) is 41.7 Å². The van der Waals surface area contributed by atoms with E-state index in [1.807, 2.05) is 25.1 Å². The first kappa shape index (κ1) is 25.7. The number of rotatable bonds is 8. The summed E-state index contributed by atoms with van der Waals surface area (Å²) in [5, 5.41) is 5.32. The molecule has 0 saturated heterocycles. The molecule has 1 saturated carbocycles. The molecule has 1 aromatic heterocycles. The smallest absolute Gasteiger partial charge is 0.346 e. The van der Waals surface area contributed by atoms with Crippen LogP contribution in [0, 0.1) is 0 Å². The standard InChI is InChI=1S/C27H30ClN3O5/c1-4-35-23-15-18(14-21(28)24(23)36-17(2)27(33)34-3)16-29-31-25(19-10-6-5-7-11-19)30-22-13-9-8-12-20(22)26(31)32/h8-9,12-17,19H,4-7,10-11H2,1-3H3/t17-/m1/s1. The summed E-state index contributed by atoms with van der Waals surface area (Å²) in [5.41, 5.74) is 1.08. The largest absolute Gasteiger partial charge is 0.490 e. The number of carbonyl (C=O) groups is 1. The summed E-state index contributed by atoms with van der Waals surface area (Å²) >= 11 is 6.51. The van der Waals surface area contributed by atoms with Crippen molar-refractivity contribution >= 4 is 34.7 Å². The Kier molecular flexibility index (Phi) is 8.25. The minimum absolute atomic E-state index is 0.173. The number of carbonyl (C=O) groups excluding carboxylic acids is 1. The molecule has 0 radical (unpaired) electrons. The highest BCUT2D eigenvalue weighted by Crippen LogP contribution is 2.37. The number of benzene rings is 2. The summed E-state index contributed by atoms with van der Waals surface area (Å²) in [6, 6.07) is 10.7. The van der Waals surface area contributed by atoms with Gasteiger partial charge >= 0.3 is 5.97 Å². The van der Waals surface area contributed by atoms with Crippen LogP contribution in [0.2, 0.25) is 5.02 Å². The normalized spacial score (nSPS) is 15.2. The molecule has 8 nitrogen and oxygen atoms in total. The average Bonchev–Trinajstić information content (AvgIpc) is 2.90. The third kappa shape index (κ3) is 5.54. The molecule has 1 aliphatic rings. The van der Waals surface area contributed by atoms with Crippen molar-refractivity contribution in [2.75, 3.05) is 13.7 Å². The molecule has 1 heterocycles. The molecule has 2 aromatic carbocycles. The molecular weight excluding hydrogens is 482 g/mol. The van der Waals surface area contributed by atoms with Gasteiger partial charge in [0.05, 0.1) is 35.9 Å². The predicted molar refractivity (Wildman–Crippen MR) is 140 cm³/mol. The van der Waals surface area contributed by atoms with Crippen LogP contribution in [0.4, 0.5) is 0 Å². The Bertz CT molecular complexity index is 1330. The fourth-order valence-corrected chi connectivity index (χ4v) is 4.70. The highest BCUT2D eigenvalue weighted by atomic mass is 35.5. The van der Waals surface area contributed by atoms with Gasteiger partial charge in [0.2, 0.25) is 0 Å². The number of aromatic nitrogens is 2. The van der Waals surface area contributed by atoms with Gasteiger partial charge in [0.25, 0.3) is 5.56 Å². The molecule has 0 N–H and O–H groups in total. The second-order valence-electron chi connectivity index (χ2n) is 8.73. The minimum Gasteiger partial charge on any atom is -0.490 e. The van der Waals surface area contributed by atoms with Crippen LogP contribution in [-0.2, 0) is 9.53 Å². The van der Waals surface area contributed by atoms with Crippen LogP contribution < -0.4 is 15.0 Å². The summed E-state index contributed by atoms with van der Waals surface area (Å²) in [7, 11) is 1.29. The van der Waals surface area contributed by atoms with Crippen LogP contribution in [0.5, 0.6) is 11.5 Å². The number of fused-ring (bicyclic) bond motifs is 1. The van der Waals surface area contributed by atoms with E-state index in [4.69, 9.17) is 30.8 Å². The first-order valence-corrected chi connectivity index (χ1v) is 12.6. The summed E-state index contributed by atoms with van der Waals surface area (Å²) in [6.07, 6.45) is 6.05. The molecule has 0 aliphatic heterocycles. The third-order valence-electron chi connectivity index (χ3n) is 6.23. The summed E-state index contributed by atoms with van der Waals surface area (Å²) in [6.45, 7) is 3.76. The zero-order chi connectivity index (χ0) is 25.7. The Labute approximate surface area is 214 Å². The number of halogens is 1. The van der Waals surface area contributed by atoms with Crippen molar-refractivity contribution < 1.29 is 19.0 Å². The lowest BCUT2D eigenvalue weighted by molar-refractivity contribution is -0.147. The molecule has 1 atom stereocenters. The second-order valence-corrected chi connectivity index (χ2v) is 9.14. The molecule has 1 fully saturated rings. The minimum atomic E-state index is -0.869. The quantitative estimate of drug-likeness (QED) is 0.300. The molecule has 190 valence electrons. The fourth-order valence-electron chi connectivity index (χ4n) is 4.43. The average molecular weight is 512 g/mol. The van der Waals surface area contributed by atoms with Gasteiger partial charge in [-0.2, -0.15) is 9.78 Å². The zero-order valence-corrected chi connectivity index (χ0v) is 21.5. The van der Waals surface area contributed by atoms with Gasteiger partial charge < -0.3 is 14.2 Å². The van der Waals surface area contributed by atoms with Gasteiger partial charge in [0.15, 0.2) is 17.6 Å². The van der Waals surface area contributed by atoms with Crippen LogP contribution in [0.1, 0.15) is 63.3 Å². The molecule has 3 aromatic rings. The number of ether oxygens (including phenoxy) is 3. The highest BCUT2D eigenvalue weighted by Gasteiger charge is 2.23. The van der Waals surface area contributed by atoms with E-state index in [-0.39, 0.29) is 22.2 Å². The molecule has 36 heavy (non-hydrogen) atoms. The molecule has 0 bridgehead atoms. The van der Waals surface area contributed by atoms with Crippen molar-refractivity contribution in [3.63, 3.8) is 0 Å². The first-order chi connectivity index (χ1) is 17.4. The Morgan fingerprint density at radius 1 is 1.25 bits per heavy atom. The zero-order valence-electron chi connectivity index (χ0n) is 20.7. The van der Waals surface area contributed by atoms with E-state index in [2.05, 4.69) is 5.10 Å². The monoisotopic (exact) mass is 511 g/mol. The lowest BCUT2D eigenvalue weighted by Crippen LogP contribution is -2.25. The van der Waals surface area contributed by atoms with E-state index in [1.165, 1.54) is 18.2 Å². The van der Waals surface area contributed by atoms with Crippen LogP contribution in [0.25, 0.3) is 10.9 Å². The maximum absolute atomic E-state index is 13.4. The van der Waals surface area contributed by atoms with Gasteiger partial charge in [-0.15, -0.1) is 0 Å². The van der Waals surface area contributed by atoms with Crippen LogP contribution >= 0.6 is 11.6 Å². The molecule has 1 aliphatic carbocycles. The fraction of sp³-hybridized carbons (Fsp3) is 0.407. The van der Waals surface area contributed by atoms with Gasteiger partial charge in [0, 0.05) is 5.92 Å². The SMILES string of the molecule is CCOc1cc(C=Nn2c(C3CCCCC3)nc3ccccc3c2=O)cc(Cl)c1O[C@H](C)C(=O)OC. The van der Waals surface area contributed by atoms with Gasteiger partial charge in [-0.1, -0.05) is 43.0 Å². The van der Waals surface area contributed by atoms with Crippen molar-refractivity contribution in [2.24, 2.45) is 5.10 Å². The maximum atomic E-state index is 13.4. The van der Waals surface area contributed by atoms with E-state index in [1.54, 1.807) is 31.3 Å². The van der Waals surface area contributed by atoms with Crippen molar-refractivity contribution in [1.29, 1.82) is 0 Å². The lowest BCUT2D eigenvalue weighted by Gasteiger charge is -2.22. The van der Waals surface area contributed by atoms with Gasteiger partial charge in [-0.05, 0) is 56.5 Å². The number of nitrogens with zero attached hydrogens (tertiary/aromatic N) is 3. The summed E-state index contributed by atoms with van der Waals surface area (Å²) < 4.78 is 17.6. The highest BCUT2D eigenvalue weighted by molar-refractivity contribution is 6.32. The number of hydrogen-bond donors (Lipinski definition) is 0. The van der Waals surface area contributed by atoms with E-state index in [9.17, 15) is 9.59 Å². The van der Waals surface area contributed by atoms with Crippen molar-refractivity contribution in [2.45, 2.75) is 58.0 Å². The topological polar surface area (TPSA) is 92.0 Å². The molecule has 0 unspecified atom stereocenters. The number of methoxy groups -OCH3 is 1. The van der Waals surface area contributed by atoms with E-state index in [0.29, 0.717) is 34.6 Å². The molecular formula is C27H30ClN3O5. The predicted octanol–water partition coefficient (Wildman–Crippen LogP) is 5.32. The van der Waals surface area contributed by atoms with E-state index in [0.717, 1.165) is 25.7 Å². The maximum Gasteiger partial charge on any atom is 0.346 e. The molecule has 9 heteroatoms. The van der Waals surface area contributed by atoms with Gasteiger partial charge in [-0.3, -0.25) is 4.79 Å². The molecule has 4 rings (SSSR count). The van der Waals surface area contributed by atoms with Gasteiger partial charge in [-0.25, -0.2) is 9.78 Å². The summed E-state index contributed by atoms with van der Waals surface area (Å²) in [4.78, 5) is 30.1. The number of esters is 1. The van der Waals surface area contributed by atoms with E-state index >= 15 is 0 Å². The number of hydrogen-bond acceptors (Lipinski definition) is 7. The van der Waals surface area contributed by atoms with E-state index < -0.39 is 12.1 Å². The van der Waals surface area contributed by atoms with Crippen LogP contribution in [0.3, 0.4) is 0 Å². The number of para-hydroxylation sites is 1. The Hall–Kier alpha value is -3.39. The second kappa shape index (κ2) is 11.6. The first-order valence-electron chi connectivity index (χ1n) is 12.2. The third-order valence-corrected chi connectivity index (χ3v) is 6.51. The Morgan fingerprint density at radius 3 is 2.72 bits per heavy atom. The van der Waals surface area contributed by atoms with Crippen molar-refractivity contribution in [3.8, 4) is 11.5 Å². The van der Waals surface area contributed by atoms with Crippen molar-refractivity contribution in [3.05, 3.63) is 63.2 Å². The van der Waals surface area contributed by atoms with Crippen LogP contribution in [0.15, 0.2) is 46.3 Å².